The average molecular weight is 329 g/mol. The van der Waals surface area contributed by atoms with Crippen molar-refractivity contribution in [1.29, 1.82) is 0 Å². The number of benzene rings is 1. The maximum absolute atomic E-state index is 6.07. The Balaban J connectivity index is 1.11. The highest BCUT2D eigenvalue weighted by Crippen LogP contribution is 2.25. The molecule has 1 aromatic carbocycles. The first-order valence-corrected chi connectivity index (χ1v) is 9.82. The van der Waals surface area contributed by atoms with Crippen LogP contribution in [0.2, 0.25) is 0 Å². The van der Waals surface area contributed by atoms with Crippen LogP contribution in [0.3, 0.4) is 0 Å². The molecule has 3 aliphatic rings. The number of ether oxygens (including phenoxy) is 1. The zero-order valence-corrected chi connectivity index (χ0v) is 14.8. The van der Waals surface area contributed by atoms with Gasteiger partial charge in [-0.2, -0.15) is 0 Å². The zero-order chi connectivity index (χ0) is 16.2. The lowest BCUT2D eigenvalue weighted by molar-refractivity contribution is 0.0124. The summed E-state index contributed by atoms with van der Waals surface area (Å²) in [7, 11) is 0. The number of hydrogen-bond donors (Lipinski definition) is 1. The lowest BCUT2D eigenvalue weighted by Gasteiger charge is -2.28. The Morgan fingerprint density at radius 2 is 2.00 bits per heavy atom. The summed E-state index contributed by atoms with van der Waals surface area (Å²) in [5.41, 5.74) is 6.61. The van der Waals surface area contributed by atoms with Gasteiger partial charge in [-0.15, -0.1) is 0 Å². The highest BCUT2D eigenvalue weighted by Gasteiger charge is 2.33. The number of nitrogens with zero attached hydrogens (tertiary/aromatic N) is 2. The van der Waals surface area contributed by atoms with Crippen molar-refractivity contribution in [2.24, 2.45) is 0 Å². The van der Waals surface area contributed by atoms with Gasteiger partial charge in [0.25, 0.3) is 0 Å². The molecule has 24 heavy (non-hydrogen) atoms. The van der Waals surface area contributed by atoms with Crippen molar-refractivity contribution in [3.05, 3.63) is 35.4 Å². The van der Waals surface area contributed by atoms with E-state index in [1.807, 2.05) is 0 Å². The summed E-state index contributed by atoms with van der Waals surface area (Å²) >= 11 is 0. The second-order valence-electron chi connectivity index (χ2n) is 7.57. The molecule has 3 heterocycles. The van der Waals surface area contributed by atoms with E-state index >= 15 is 0 Å². The fourth-order valence-electron chi connectivity index (χ4n) is 4.41. The molecule has 4 nitrogen and oxygen atoms in total. The summed E-state index contributed by atoms with van der Waals surface area (Å²) in [6.07, 6.45) is 9.09. The van der Waals surface area contributed by atoms with E-state index in [1.165, 1.54) is 70.1 Å². The quantitative estimate of drug-likeness (QED) is 0.812. The number of nitrogens with one attached hydrogen (secondary N) is 1. The highest BCUT2D eigenvalue weighted by molar-refractivity contribution is 5.28. The molecule has 0 aromatic heterocycles. The number of rotatable bonds is 6. The molecule has 0 bridgehead atoms. The lowest BCUT2D eigenvalue weighted by atomic mass is 10.00. The second kappa shape index (κ2) is 7.96. The van der Waals surface area contributed by atoms with E-state index in [0.29, 0.717) is 0 Å². The third kappa shape index (κ3) is 3.99. The van der Waals surface area contributed by atoms with Crippen LogP contribution in [0.15, 0.2) is 24.3 Å². The minimum absolute atomic E-state index is 0.259. The van der Waals surface area contributed by atoms with Crippen LogP contribution in [0, 0.1) is 0 Å². The summed E-state index contributed by atoms with van der Waals surface area (Å²) < 4.78 is 6.07. The van der Waals surface area contributed by atoms with Crippen LogP contribution in [0.5, 0.6) is 0 Å². The van der Waals surface area contributed by atoms with Gasteiger partial charge in [-0.25, -0.2) is 10.4 Å². The Kier molecular flexibility index (Phi) is 5.48. The predicted molar refractivity (Wildman–Crippen MR) is 96.5 cm³/mol. The predicted octanol–water partition coefficient (Wildman–Crippen LogP) is 2.93. The first-order chi connectivity index (χ1) is 11.9. The molecule has 0 spiro atoms. The van der Waals surface area contributed by atoms with Crippen LogP contribution < -0.4 is 5.43 Å². The van der Waals surface area contributed by atoms with Gasteiger partial charge in [0.1, 0.15) is 6.23 Å². The van der Waals surface area contributed by atoms with Crippen molar-refractivity contribution >= 4 is 0 Å². The van der Waals surface area contributed by atoms with E-state index < -0.39 is 0 Å². The van der Waals surface area contributed by atoms with Gasteiger partial charge in [0.15, 0.2) is 0 Å². The smallest absolute Gasteiger partial charge is 0.122 e. The Labute approximate surface area is 146 Å². The third-order valence-electron chi connectivity index (χ3n) is 5.82. The first-order valence-electron chi connectivity index (χ1n) is 9.82. The summed E-state index contributed by atoms with van der Waals surface area (Å²) in [5, 5.41) is 2.42. The van der Waals surface area contributed by atoms with Gasteiger partial charge in [0.2, 0.25) is 0 Å². The number of unbranched alkanes of at least 4 members (excludes halogenated alkanes) is 1. The van der Waals surface area contributed by atoms with Crippen molar-refractivity contribution in [2.45, 2.75) is 63.8 Å². The molecule has 4 rings (SSSR count). The van der Waals surface area contributed by atoms with Crippen LogP contribution in [0.25, 0.3) is 0 Å². The Bertz CT molecular complexity index is 521. The number of piperidine rings is 1. The fourth-order valence-corrected chi connectivity index (χ4v) is 4.41. The molecule has 2 saturated heterocycles. The van der Waals surface area contributed by atoms with Gasteiger partial charge in [-0.1, -0.05) is 30.7 Å². The molecule has 132 valence electrons. The molecule has 3 aliphatic heterocycles. The molecular weight excluding hydrogens is 298 g/mol. The van der Waals surface area contributed by atoms with E-state index in [1.54, 1.807) is 5.56 Å². The molecular formula is C20H31N3O. The van der Waals surface area contributed by atoms with Gasteiger partial charge < -0.3 is 4.74 Å². The largest absolute Gasteiger partial charge is 0.362 e. The van der Waals surface area contributed by atoms with E-state index in [-0.39, 0.29) is 6.23 Å². The number of fused-ring (bicyclic) bond motifs is 2. The third-order valence-corrected chi connectivity index (χ3v) is 5.82. The molecule has 2 fully saturated rings. The molecule has 2 unspecified atom stereocenters. The van der Waals surface area contributed by atoms with Gasteiger partial charge >= 0.3 is 0 Å². The van der Waals surface area contributed by atoms with E-state index in [2.05, 4.69) is 39.6 Å². The zero-order valence-electron chi connectivity index (χ0n) is 14.8. The van der Waals surface area contributed by atoms with Gasteiger partial charge in [-0.3, -0.25) is 4.90 Å². The molecule has 0 aliphatic carbocycles. The SMILES string of the molecule is c1ccc2c(c1)CCN(CCCCOC1CC3CCCCN3N1)C2. The summed E-state index contributed by atoms with van der Waals surface area (Å²) in [4.78, 5) is 2.59. The number of hydrazine groups is 1. The molecule has 0 amide bonds. The standard InChI is InChI=1S/C20H31N3O/c1-2-8-18-16-22(13-10-17(18)7-1)11-5-6-14-24-20-15-19-9-3-4-12-23(19)21-20/h1-2,7-8,19-21H,3-6,9-16H2. The molecule has 0 saturated carbocycles. The average Bonchev–Trinajstić information content (AvgIpc) is 3.04. The minimum Gasteiger partial charge on any atom is -0.362 e. The van der Waals surface area contributed by atoms with Crippen LogP contribution in [0.4, 0.5) is 0 Å². The fraction of sp³-hybridized carbons (Fsp3) is 0.700. The Morgan fingerprint density at radius 3 is 2.92 bits per heavy atom. The highest BCUT2D eigenvalue weighted by atomic mass is 16.5. The van der Waals surface area contributed by atoms with Crippen molar-refractivity contribution in [3.8, 4) is 0 Å². The summed E-state index contributed by atoms with van der Waals surface area (Å²) in [5.74, 6) is 0. The van der Waals surface area contributed by atoms with E-state index in [0.717, 1.165) is 19.2 Å². The van der Waals surface area contributed by atoms with Gasteiger partial charge in [0, 0.05) is 38.7 Å². The topological polar surface area (TPSA) is 27.7 Å². The minimum atomic E-state index is 0.259. The Morgan fingerprint density at radius 1 is 1.08 bits per heavy atom. The molecule has 0 radical (unpaired) electrons. The Hall–Kier alpha value is -0.940. The van der Waals surface area contributed by atoms with Crippen LogP contribution in [-0.2, 0) is 17.7 Å². The molecule has 1 N–H and O–H groups in total. The molecule has 1 aromatic rings. The first kappa shape index (κ1) is 16.5. The van der Waals surface area contributed by atoms with Crippen LogP contribution in [0.1, 0.15) is 49.7 Å². The van der Waals surface area contributed by atoms with Crippen LogP contribution in [-0.4, -0.2) is 48.4 Å². The number of hydrogen-bond acceptors (Lipinski definition) is 4. The van der Waals surface area contributed by atoms with Crippen molar-refractivity contribution in [1.82, 2.24) is 15.3 Å². The van der Waals surface area contributed by atoms with Crippen molar-refractivity contribution < 1.29 is 4.74 Å². The maximum Gasteiger partial charge on any atom is 0.122 e. The second-order valence-corrected chi connectivity index (χ2v) is 7.57. The molecule has 2 atom stereocenters. The maximum atomic E-state index is 6.07. The summed E-state index contributed by atoms with van der Waals surface area (Å²) in [6.45, 7) is 5.62. The van der Waals surface area contributed by atoms with Crippen molar-refractivity contribution in [3.63, 3.8) is 0 Å². The molecule has 4 heteroatoms. The monoisotopic (exact) mass is 329 g/mol. The van der Waals surface area contributed by atoms with E-state index in [9.17, 15) is 0 Å². The lowest BCUT2D eigenvalue weighted by Crippen LogP contribution is -2.42. The summed E-state index contributed by atoms with van der Waals surface area (Å²) in [6, 6.07) is 9.61. The van der Waals surface area contributed by atoms with E-state index in [4.69, 9.17) is 4.74 Å². The van der Waals surface area contributed by atoms with Gasteiger partial charge in [0.05, 0.1) is 0 Å². The normalized spacial score (nSPS) is 27.8. The van der Waals surface area contributed by atoms with Crippen LogP contribution >= 0.6 is 0 Å². The van der Waals surface area contributed by atoms with Crippen molar-refractivity contribution in [2.75, 3.05) is 26.2 Å². The van der Waals surface area contributed by atoms with Gasteiger partial charge in [-0.05, 0) is 49.8 Å².